The summed E-state index contributed by atoms with van der Waals surface area (Å²) < 4.78 is 5.70. The van der Waals surface area contributed by atoms with E-state index in [1.54, 1.807) is 12.4 Å². The second-order valence-corrected chi connectivity index (χ2v) is 4.30. The van der Waals surface area contributed by atoms with Gasteiger partial charge in [0.2, 0.25) is 0 Å². The van der Waals surface area contributed by atoms with E-state index in [0.29, 0.717) is 22.0 Å². The Kier molecular flexibility index (Phi) is 3.39. The zero-order chi connectivity index (χ0) is 12.4. The minimum absolute atomic E-state index is 0.576. The molecule has 0 fully saturated rings. The molecule has 0 aliphatic rings. The van der Waals surface area contributed by atoms with Crippen LogP contribution in [0.2, 0.25) is 5.02 Å². The van der Waals surface area contributed by atoms with Crippen LogP contribution in [0.3, 0.4) is 0 Å². The molecule has 4 heteroatoms. The van der Waals surface area contributed by atoms with Crippen molar-refractivity contribution in [3.05, 3.63) is 46.7 Å². The molecule has 84 valence electrons. The topological polar surface area (TPSA) is 22.1 Å². The Bertz CT molecular complexity index is 557. The van der Waals surface area contributed by atoms with Crippen LogP contribution in [0.15, 0.2) is 30.6 Å². The van der Waals surface area contributed by atoms with Crippen LogP contribution < -0.4 is 10.2 Å². The van der Waals surface area contributed by atoms with Crippen LogP contribution >= 0.6 is 11.6 Å². The molecule has 0 aliphatic carbocycles. The maximum absolute atomic E-state index is 6.09. The maximum atomic E-state index is 6.09. The summed E-state index contributed by atoms with van der Waals surface area (Å²) in [6.07, 6.45) is 3.22. The average Bonchev–Trinajstić information content (AvgIpc) is 2.28. The van der Waals surface area contributed by atoms with Crippen LogP contribution in [-0.4, -0.2) is 12.8 Å². The molecule has 1 aromatic carbocycles. The molecule has 0 aliphatic heterocycles. The van der Waals surface area contributed by atoms with Gasteiger partial charge >= 0.3 is 0 Å². The smallest absolute Gasteiger partial charge is 0.148 e. The summed E-state index contributed by atoms with van der Waals surface area (Å²) >= 11 is 6.09. The number of benzene rings is 1. The molecule has 0 unspecified atom stereocenters. The highest BCUT2D eigenvalue weighted by Crippen LogP contribution is 2.30. The average molecular weight is 244 g/mol. The van der Waals surface area contributed by atoms with Crippen molar-refractivity contribution >= 4 is 24.9 Å². The van der Waals surface area contributed by atoms with Crippen molar-refractivity contribution in [1.29, 1.82) is 0 Å². The molecule has 0 spiro atoms. The van der Waals surface area contributed by atoms with Crippen molar-refractivity contribution in [2.24, 2.45) is 0 Å². The molecule has 0 N–H and O–H groups in total. The first-order chi connectivity index (χ1) is 8.08. The van der Waals surface area contributed by atoms with Gasteiger partial charge < -0.3 is 4.74 Å². The number of ether oxygens (including phenoxy) is 1. The summed E-state index contributed by atoms with van der Waals surface area (Å²) in [5.74, 6) is 1.23. The summed E-state index contributed by atoms with van der Waals surface area (Å²) in [6.45, 7) is 3.86. The number of hydrogen-bond donors (Lipinski definition) is 0. The summed E-state index contributed by atoms with van der Waals surface area (Å²) in [4.78, 5) is 4.00. The van der Waals surface area contributed by atoms with Gasteiger partial charge in [0.15, 0.2) is 0 Å². The second kappa shape index (κ2) is 4.80. The zero-order valence-electron chi connectivity index (χ0n) is 9.70. The normalized spacial score (nSPS) is 10.3. The maximum Gasteiger partial charge on any atom is 0.148 e. The zero-order valence-corrected chi connectivity index (χ0v) is 10.5. The largest absolute Gasteiger partial charge is 0.454 e. The quantitative estimate of drug-likeness (QED) is 0.757. The predicted octanol–water partition coefficient (Wildman–Crippen LogP) is 2.94. The minimum Gasteiger partial charge on any atom is -0.454 e. The minimum atomic E-state index is 0.576. The molecular weight excluding hydrogens is 232 g/mol. The molecule has 0 bridgehead atoms. The van der Waals surface area contributed by atoms with Gasteiger partial charge in [-0.25, -0.2) is 0 Å². The van der Waals surface area contributed by atoms with Gasteiger partial charge in [-0.2, -0.15) is 0 Å². The summed E-state index contributed by atoms with van der Waals surface area (Å²) in [5.41, 5.74) is 2.55. The van der Waals surface area contributed by atoms with Crippen LogP contribution in [0.5, 0.6) is 11.5 Å². The van der Waals surface area contributed by atoms with E-state index in [0.717, 1.165) is 11.1 Å². The number of pyridine rings is 1. The van der Waals surface area contributed by atoms with E-state index < -0.39 is 0 Å². The van der Waals surface area contributed by atoms with Gasteiger partial charge in [-0.15, -0.1) is 0 Å². The lowest BCUT2D eigenvalue weighted by atomic mass is 9.93. The predicted molar refractivity (Wildman–Crippen MR) is 70.6 cm³/mol. The van der Waals surface area contributed by atoms with Gasteiger partial charge in [-0.3, -0.25) is 4.98 Å². The number of hydrogen-bond acceptors (Lipinski definition) is 2. The third kappa shape index (κ3) is 2.61. The molecule has 0 atom stereocenters. The highest BCUT2D eigenvalue weighted by molar-refractivity contribution is 6.33. The van der Waals surface area contributed by atoms with Crippen molar-refractivity contribution in [1.82, 2.24) is 4.98 Å². The fourth-order valence-electron chi connectivity index (χ4n) is 1.43. The molecule has 0 saturated heterocycles. The van der Waals surface area contributed by atoms with Crippen molar-refractivity contribution in [2.75, 3.05) is 0 Å². The van der Waals surface area contributed by atoms with E-state index in [-0.39, 0.29) is 0 Å². The molecule has 2 nitrogen and oxygen atoms in total. The van der Waals surface area contributed by atoms with Crippen molar-refractivity contribution in [3.8, 4) is 11.5 Å². The summed E-state index contributed by atoms with van der Waals surface area (Å²) in [7, 11) is 5.76. The van der Waals surface area contributed by atoms with Crippen LogP contribution in [0, 0.1) is 13.8 Å². The van der Waals surface area contributed by atoms with Gasteiger partial charge in [0.1, 0.15) is 19.3 Å². The van der Waals surface area contributed by atoms with Crippen molar-refractivity contribution < 1.29 is 4.74 Å². The van der Waals surface area contributed by atoms with Gasteiger partial charge in [-0.05, 0) is 37.1 Å². The van der Waals surface area contributed by atoms with E-state index in [1.165, 1.54) is 0 Å². The highest BCUT2D eigenvalue weighted by atomic mass is 35.5. The molecule has 2 aromatic rings. The fraction of sp³-hybridized carbons (Fsp3) is 0.154. The number of aryl methyl sites for hydroxylation is 1. The Labute approximate surface area is 107 Å². The molecule has 0 saturated carbocycles. The molecule has 1 heterocycles. The van der Waals surface area contributed by atoms with E-state index >= 15 is 0 Å². The first-order valence-electron chi connectivity index (χ1n) is 5.22. The summed E-state index contributed by atoms with van der Waals surface area (Å²) in [5, 5.41) is 0.576. The van der Waals surface area contributed by atoms with E-state index in [1.807, 2.05) is 32.0 Å². The van der Waals surface area contributed by atoms with E-state index in [2.05, 4.69) is 4.98 Å². The lowest BCUT2D eigenvalue weighted by Gasteiger charge is -2.11. The molecule has 2 radical (unpaired) electrons. The Morgan fingerprint density at radius 1 is 1.18 bits per heavy atom. The third-order valence-corrected chi connectivity index (χ3v) is 2.81. The van der Waals surface area contributed by atoms with Gasteiger partial charge in [0, 0.05) is 6.20 Å². The Morgan fingerprint density at radius 3 is 2.65 bits per heavy atom. The van der Waals surface area contributed by atoms with E-state index in [4.69, 9.17) is 24.2 Å². The monoisotopic (exact) mass is 243 g/mol. The second-order valence-electron chi connectivity index (χ2n) is 3.89. The third-order valence-electron chi connectivity index (χ3n) is 2.52. The van der Waals surface area contributed by atoms with E-state index in [9.17, 15) is 0 Å². The number of nitrogens with zero attached hydrogens (tertiary/aromatic N) is 1. The van der Waals surface area contributed by atoms with Crippen LogP contribution in [0.25, 0.3) is 0 Å². The molecule has 1 aromatic heterocycles. The lowest BCUT2D eigenvalue weighted by molar-refractivity contribution is 0.477. The van der Waals surface area contributed by atoms with Gasteiger partial charge in [0.05, 0.1) is 11.2 Å². The molecule has 0 amide bonds. The number of aromatic nitrogens is 1. The van der Waals surface area contributed by atoms with Crippen LogP contribution in [-0.2, 0) is 0 Å². The molecular formula is C13H11BClNO. The Morgan fingerprint density at radius 2 is 1.94 bits per heavy atom. The standard InChI is InChI=1S/C13H11BClNO/c1-8-3-4-12(11(15)5-8)17-13-7-16-6-10(14)9(13)2/h3-7H,1-2H3. The van der Waals surface area contributed by atoms with Crippen molar-refractivity contribution in [3.63, 3.8) is 0 Å². The number of rotatable bonds is 2. The highest BCUT2D eigenvalue weighted by Gasteiger charge is 2.07. The van der Waals surface area contributed by atoms with Gasteiger partial charge in [-0.1, -0.05) is 23.1 Å². The summed E-state index contributed by atoms with van der Waals surface area (Å²) in [6, 6.07) is 5.63. The first kappa shape index (κ1) is 12.0. The van der Waals surface area contributed by atoms with Crippen molar-refractivity contribution in [2.45, 2.75) is 13.8 Å². The van der Waals surface area contributed by atoms with Crippen LogP contribution in [0.1, 0.15) is 11.1 Å². The van der Waals surface area contributed by atoms with Crippen LogP contribution in [0.4, 0.5) is 0 Å². The number of halogens is 1. The van der Waals surface area contributed by atoms with Gasteiger partial charge in [0.25, 0.3) is 0 Å². The Balaban J connectivity index is 2.35. The fourth-order valence-corrected chi connectivity index (χ4v) is 1.70. The molecule has 17 heavy (non-hydrogen) atoms. The molecule has 2 rings (SSSR count). The SMILES string of the molecule is [B]c1cncc(Oc2ccc(C)cc2Cl)c1C. The first-order valence-corrected chi connectivity index (χ1v) is 5.60. The lowest BCUT2D eigenvalue weighted by Crippen LogP contribution is -2.09. The Hall–Kier alpha value is -1.48.